The number of halogens is 1. The zero-order valence-corrected chi connectivity index (χ0v) is 7.78. The van der Waals surface area contributed by atoms with Crippen molar-refractivity contribution in [3.63, 3.8) is 0 Å². The molecule has 0 saturated heterocycles. The van der Waals surface area contributed by atoms with Gasteiger partial charge in [-0.05, 0) is 6.07 Å². The predicted octanol–water partition coefficient (Wildman–Crippen LogP) is 2.03. The van der Waals surface area contributed by atoms with E-state index in [2.05, 4.69) is 10.4 Å². The van der Waals surface area contributed by atoms with Crippen molar-refractivity contribution in [2.24, 2.45) is 0 Å². The van der Waals surface area contributed by atoms with Gasteiger partial charge in [-0.1, -0.05) is 16.4 Å². The second-order valence-corrected chi connectivity index (χ2v) is 3.92. The Morgan fingerprint density at radius 3 is 3.17 bits per heavy atom. The van der Waals surface area contributed by atoms with Crippen molar-refractivity contribution in [2.45, 2.75) is 0 Å². The predicted molar refractivity (Wildman–Crippen MR) is 49.4 cm³/mol. The molecule has 2 aromatic heterocycles. The molecule has 2 heterocycles. The Labute approximate surface area is 77.3 Å². The third kappa shape index (κ3) is 0.937. The zero-order valence-electron chi connectivity index (χ0n) is 6.21. The molecule has 6 heteroatoms. The largest absolute Gasteiger partial charge is 0.411 e. The topological polar surface area (TPSA) is 50.1 Å². The minimum Gasteiger partial charge on any atom is -0.411 e. The average molecular weight is 204 g/mol. The lowest BCUT2D eigenvalue weighted by atomic mass is 10.4. The number of rotatable bonds is 1. The first kappa shape index (κ1) is 7.70. The van der Waals surface area contributed by atoms with Crippen LogP contribution in [0.4, 0.5) is 5.82 Å². The molecule has 2 rings (SSSR count). The first-order valence-electron chi connectivity index (χ1n) is 3.27. The number of hydrogen-bond acceptors (Lipinski definition) is 4. The highest BCUT2D eigenvalue weighted by atomic mass is 35.5. The van der Waals surface area contributed by atoms with E-state index in [1.165, 1.54) is 11.3 Å². The summed E-state index contributed by atoms with van der Waals surface area (Å²) in [4.78, 5) is 1.49. The zero-order chi connectivity index (χ0) is 8.72. The Hall–Kier alpha value is -0.940. The molecule has 0 amide bonds. The van der Waals surface area contributed by atoms with Crippen molar-refractivity contribution in [1.29, 1.82) is 0 Å². The maximum absolute atomic E-state index is 9.25. The molecule has 0 saturated carbocycles. The summed E-state index contributed by atoms with van der Waals surface area (Å²) in [6.45, 7) is 0. The van der Waals surface area contributed by atoms with Gasteiger partial charge in [0.05, 0.1) is 9.72 Å². The van der Waals surface area contributed by atoms with Crippen LogP contribution in [0.2, 0.25) is 4.34 Å². The van der Waals surface area contributed by atoms with Gasteiger partial charge in [0, 0.05) is 7.05 Å². The third-order valence-electron chi connectivity index (χ3n) is 1.55. The molecule has 0 fully saturated rings. The summed E-state index contributed by atoms with van der Waals surface area (Å²) < 4.78 is 0.640. The number of nitrogens with zero attached hydrogens (tertiary/aromatic N) is 2. The van der Waals surface area contributed by atoms with E-state index >= 15 is 0 Å². The summed E-state index contributed by atoms with van der Waals surface area (Å²) >= 11 is 7.05. The smallest absolute Gasteiger partial charge is 0.166 e. The normalized spacial score (nSPS) is 10.8. The van der Waals surface area contributed by atoms with Crippen LogP contribution in [0.25, 0.3) is 10.2 Å². The fourth-order valence-corrected chi connectivity index (χ4v) is 2.13. The lowest BCUT2D eigenvalue weighted by Crippen LogP contribution is -1.93. The Bertz CT molecular complexity index is 422. The van der Waals surface area contributed by atoms with E-state index in [1.807, 2.05) is 0 Å². The number of anilines is 1. The molecule has 0 spiro atoms. The van der Waals surface area contributed by atoms with Gasteiger partial charge in [-0.2, -0.15) is 0 Å². The van der Waals surface area contributed by atoms with Crippen molar-refractivity contribution in [2.75, 3.05) is 12.4 Å². The number of nitrogens with one attached hydrogen (secondary N) is 1. The van der Waals surface area contributed by atoms with E-state index in [1.54, 1.807) is 13.1 Å². The van der Waals surface area contributed by atoms with E-state index in [-0.39, 0.29) is 0 Å². The van der Waals surface area contributed by atoms with Crippen molar-refractivity contribution in [1.82, 2.24) is 9.94 Å². The highest BCUT2D eigenvalue weighted by Crippen LogP contribution is 2.32. The number of fused-ring (bicyclic) bond motifs is 1. The fourth-order valence-electron chi connectivity index (χ4n) is 1.05. The van der Waals surface area contributed by atoms with Crippen molar-refractivity contribution < 1.29 is 5.21 Å². The molecule has 0 aromatic carbocycles. The first-order valence-corrected chi connectivity index (χ1v) is 4.47. The lowest BCUT2D eigenvalue weighted by molar-refractivity contribution is 0.164. The number of aromatic nitrogens is 2. The Balaban J connectivity index is 2.79. The summed E-state index contributed by atoms with van der Waals surface area (Å²) in [5.41, 5.74) is 0. The molecule has 0 radical (unpaired) electrons. The quantitative estimate of drug-likeness (QED) is 0.698. The highest BCUT2D eigenvalue weighted by molar-refractivity contribution is 7.22. The van der Waals surface area contributed by atoms with Crippen LogP contribution in [0.15, 0.2) is 6.07 Å². The molecule has 0 aliphatic rings. The van der Waals surface area contributed by atoms with Crippen LogP contribution in [0.5, 0.6) is 0 Å². The second kappa shape index (κ2) is 2.53. The van der Waals surface area contributed by atoms with Gasteiger partial charge >= 0.3 is 0 Å². The molecule has 0 aliphatic carbocycles. The standard InChI is InChI=1S/C6H6ClN3OS/c1-8-5-3-2-4(7)12-6(3)10(11)9-5/h2,11H,1H3,(H,8,9). The van der Waals surface area contributed by atoms with Gasteiger partial charge in [0.15, 0.2) is 10.6 Å². The SMILES string of the molecule is CNc1nn(O)c2sc(Cl)cc12. The van der Waals surface area contributed by atoms with Gasteiger partial charge in [0.1, 0.15) is 0 Å². The van der Waals surface area contributed by atoms with Gasteiger partial charge in [-0.25, -0.2) is 0 Å². The van der Waals surface area contributed by atoms with Gasteiger partial charge in [-0.3, -0.25) is 0 Å². The Morgan fingerprint density at radius 2 is 2.50 bits per heavy atom. The molecular formula is C6H6ClN3OS. The minimum absolute atomic E-state index is 0.635. The second-order valence-electron chi connectivity index (χ2n) is 2.26. The lowest BCUT2D eigenvalue weighted by Gasteiger charge is -1.89. The maximum Gasteiger partial charge on any atom is 0.166 e. The highest BCUT2D eigenvalue weighted by Gasteiger charge is 2.11. The van der Waals surface area contributed by atoms with Gasteiger partial charge < -0.3 is 10.5 Å². The molecule has 2 aromatic rings. The molecule has 0 bridgehead atoms. The molecule has 0 aliphatic heterocycles. The molecule has 64 valence electrons. The maximum atomic E-state index is 9.25. The van der Waals surface area contributed by atoms with Crippen molar-refractivity contribution in [3.05, 3.63) is 10.4 Å². The van der Waals surface area contributed by atoms with Crippen LogP contribution in [-0.2, 0) is 0 Å². The van der Waals surface area contributed by atoms with Crippen LogP contribution in [-0.4, -0.2) is 22.2 Å². The number of thiophene rings is 1. The van der Waals surface area contributed by atoms with Gasteiger partial charge in [0.2, 0.25) is 0 Å². The van der Waals surface area contributed by atoms with Gasteiger partial charge in [0.25, 0.3) is 0 Å². The molecular weight excluding hydrogens is 198 g/mol. The van der Waals surface area contributed by atoms with Crippen LogP contribution in [0.3, 0.4) is 0 Å². The summed E-state index contributed by atoms with van der Waals surface area (Å²) in [5.74, 6) is 0.635. The van der Waals surface area contributed by atoms with Crippen molar-refractivity contribution in [3.8, 4) is 0 Å². The van der Waals surface area contributed by atoms with Crippen LogP contribution in [0, 0.1) is 0 Å². The van der Waals surface area contributed by atoms with Crippen LogP contribution < -0.4 is 5.32 Å². The van der Waals surface area contributed by atoms with E-state index in [0.717, 1.165) is 10.2 Å². The average Bonchev–Trinajstić information content (AvgIpc) is 2.52. The molecule has 0 unspecified atom stereocenters. The minimum atomic E-state index is 0.635. The first-order chi connectivity index (χ1) is 5.72. The monoisotopic (exact) mass is 203 g/mol. The Morgan fingerprint density at radius 1 is 1.75 bits per heavy atom. The number of hydrogen-bond donors (Lipinski definition) is 2. The van der Waals surface area contributed by atoms with Crippen molar-refractivity contribution >= 4 is 39.0 Å². The third-order valence-corrected chi connectivity index (χ3v) is 2.78. The molecule has 0 atom stereocenters. The van der Waals surface area contributed by atoms with E-state index < -0.39 is 0 Å². The summed E-state index contributed by atoms with van der Waals surface area (Å²) in [7, 11) is 1.74. The summed E-state index contributed by atoms with van der Waals surface area (Å²) in [6.07, 6.45) is 0. The fraction of sp³-hybridized carbons (Fsp3) is 0.167. The summed E-state index contributed by atoms with van der Waals surface area (Å²) in [5, 5.41) is 16.8. The molecule has 2 N–H and O–H groups in total. The van der Waals surface area contributed by atoms with E-state index in [4.69, 9.17) is 11.6 Å². The van der Waals surface area contributed by atoms with E-state index in [0.29, 0.717) is 15.0 Å². The van der Waals surface area contributed by atoms with Crippen LogP contribution >= 0.6 is 22.9 Å². The molecule has 4 nitrogen and oxygen atoms in total. The summed E-state index contributed by atoms with van der Waals surface area (Å²) in [6, 6.07) is 1.77. The Kier molecular flexibility index (Phi) is 1.62. The van der Waals surface area contributed by atoms with E-state index in [9.17, 15) is 5.21 Å². The van der Waals surface area contributed by atoms with Gasteiger partial charge in [-0.15, -0.1) is 16.4 Å². The van der Waals surface area contributed by atoms with Crippen LogP contribution in [0.1, 0.15) is 0 Å². The molecule has 12 heavy (non-hydrogen) atoms.